The third-order valence-electron chi connectivity index (χ3n) is 1.76. The normalized spacial score (nSPS) is 9.15. The summed E-state index contributed by atoms with van der Waals surface area (Å²) in [7, 11) is 1.50. The van der Waals surface area contributed by atoms with Gasteiger partial charge in [-0.1, -0.05) is 17.7 Å². The predicted molar refractivity (Wildman–Crippen MR) is 56.6 cm³/mol. The van der Waals surface area contributed by atoms with Crippen LogP contribution in [0.2, 0.25) is 0 Å². The van der Waals surface area contributed by atoms with Gasteiger partial charge >= 0.3 is 0 Å². The summed E-state index contributed by atoms with van der Waals surface area (Å²) in [5.74, 6) is 0. The van der Waals surface area contributed by atoms with Gasteiger partial charge < -0.3 is 5.73 Å². The van der Waals surface area contributed by atoms with Crippen molar-refractivity contribution in [2.75, 3.05) is 7.05 Å². The lowest BCUT2D eigenvalue weighted by Gasteiger charge is -1.95. The summed E-state index contributed by atoms with van der Waals surface area (Å²) in [4.78, 5) is 4.22. The third kappa shape index (κ3) is 2.26. The van der Waals surface area contributed by atoms with Gasteiger partial charge in [0.05, 0.1) is 5.52 Å². The topological polar surface area (TPSA) is 38.9 Å². The summed E-state index contributed by atoms with van der Waals surface area (Å²) in [6.07, 6.45) is 1.82. The summed E-state index contributed by atoms with van der Waals surface area (Å²) < 4.78 is 0. The minimum absolute atomic E-state index is 1.07. The molecule has 0 aliphatic rings. The zero-order valence-corrected chi connectivity index (χ0v) is 7.99. The van der Waals surface area contributed by atoms with E-state index in [2.05, 4.69) is 35.8 Å². The molecule has 0 unspecified atom stereocenters. The number of aromatic nitrogens is 1. The number of rotatable bonds is 0. The Morgan fingerprint density at radius 1 is 1.15 bits per heavy atom. The van der Waals surface area contributed by atoms with E-state index in [1.165, 1.54) is 18.0 Å². The molecule has 1 aromatic heterocycles. The molecule has 2 N–H and O–H groups in total. The highest BCUT2D eigenvalue weighted by atomic mass is 14.6. The minimum Gasteiger partial charge on any atom is -0.333 e. The molecule has 2 rings (SSSR count). The van der Waals surface area contributed by atoms with Gasteiger partial charge in [-0.2, -0.15) is 0 Å². The van der Waals surface area contributed by atoms with Gasteiger partial charge in [0.2, 0.25) is 0 Å². The van der Waals surface area contributed by atoms with Crippen LogP contribution in [0.15, 0.2) is 36.5 Å². The van der Waals surface area contributed by atoms with E-state index in [1.54, 1.807) is 0 Å². The molecule has 2 aromatic rings. The molecule has 1 heterocycles. The van der Waals surface area contributed by atoms with Crippen molar-refractivity contribution in [3.05, 3.63) is 42.1 Å². The van der Waals surface area contributed by atoms with Crippen molar-refractivity contribution in [3.63, 3.8) is 0 Å². The van der Waals surface area contributed by atoms with Crippen molar-refractivity contribution in [1.82, 2.24) is 4.98 Å². The molecule has 0 aliphatic carbocycles. The van der Waals surface area contributed by atoms with Gasteiger partial charge in [-0.3, -0.25) is 4.98 Å². The number of hydrogen-bond acceptors (Lipinski definition) is 2. The van der Waals surface area contributed by atoms with Crippen LogP contribution in [-0.2, 0) is 0 Å². The quantitative estimate of drug-likeness (QED) is 0.664. The molecule has 13 heavy (non-hydrogen) atoms. The Bertz CT molecular complexity index is 383. The zero-order chi connectivity index (χ0) is 9.68. The fraction of sp³-hybridized carbons (Fsp3) is 0.182. The summed E-state index contributed by atoms with van der Waals surface area (Å²) >= 11 is 0. The van der Waals surface area contributed by atoms with Crippen LogP contribution in [0, 0.1) is 6.92 Å². The molecule has 0 radical (unpaired) electrons. The van der Waals surface area contributed by atoms with Crippen molar-refractivity contribution < 1.29 is 0 Å². The van der Waals surface area contributed by atoms with Crippen molar-refractivity contribution in [2.24, 2.45) is 5.73 Å². The average Bonchev–Trinajstić information content (AvgIpc) is 2.21. The lowest BCUT2D eigenvalue weighted by molar-refractivity contribution is 1.39. The summed E-state index contributed by atoms with van der Waals surface area (Å²) in [5, 5.41) is 1.22. The Morgan fingerprint density at radius 2 is 1.92 bits per heavy atom. The Labute approximate surface area is 78.4 Å². The van der Waals surface area contributed by atoms with Crippen LogP contribution in [0.5, 0.6) is 0 Å². The van der Waals surface area contributed by atoms with E-state index in [-0.39, 0.29) is 0 Å². The van der Waals surface area contributed by atoms with Crippen LogP contribution in [0.4, 0.5) is 0 Å². The summed E-state index contributed by atoms with van der Waals surface area (Å²) in [6, 6.07) is 10.3. The molecule has 0 saturated carbocycles. The van der Waals surface area contributed by atoms with Gasteiger partial charge in [0, 0.05) is 11.6 Å². The van der Waals surface area contributed by atoms with E-state index in [0.29, 0.717) is 0 Å². The highest BCUT2D eigenvalue weighted by Gasteiger charge is 1.90. The lowest BCUT2D eigenvalue weighted by atomic mass is 10.1. The molecule has 0 aliphatic heterocycles. The lowest BCUT2D eigenvalue weighted by Crippen LogP contribution is -1.77. The number of aryl methyl sites for hydroxylation is 1. The molecular formula is C11H14N2. The smallest absolute Gasteiger partial charge is 0.0702 e. The summed E-state index contributed by atoms with van der Waals surface area (Å²) in [5.41, 5.74) is 6.85. The molecule has 0 amide bonds. The van der Waals surface area contributed by atoms with Gasteiger partial charge in [0.25, 0.3) is 0 Å². The fourth-order valence-electron chi connectivity index (χ4n) is 1.20. The Hall–Kier alpha value is -1.41. The first-order valence-electron chi connectivity index (χ1n) is 4.25. The van der Waals surface area contributed by atoms with Gasteiger partial charge in [-0.15, -0.1) is 0 Å². The van der Waals surface area contributed by atoms with E-state index in [4.69, 9.17) is 0 Å². The number of nitrogens with two attached hydrogens (primary N) is 1. The number of nitrogens with zero attached hydrogens (tertiary/aromatic N) is 1. The van der Waals surface area contributed by atoms with Crippen LogP contribution < -0.4 is 5.73 Å². The van der Waals surface area contributed by atoms with Crippen molar-refractivity contribution >= 4 is 10.9 Å². The SMILES string of the molecule is CN.Cc1ccc2ncccc2c1. The van der Waals surface area contributed by atoms with Crippen LogP contribution >= 0.6 is 0 Å². The molecular weight excluding hydrogens is 160 g/mol. The largest absolute Gasteiger partial charge is 0.333 e. The van der Waals surface area contributed by atoms with Crippen molar-refractivity contribution in [3.8, 4) is 0 Å². The van der Waals surface area contributed by atoms with E-state index >= 15 is 0 Å². The highest BCUT2D eigenvalue weighted by molar-refractivity contribution is 5.78. The second-order valence-electron chi connectivity index (χ2n) is 2.70. The van der Waals surface area contributed by atoms with Gasteiger partial charge in [0.1, 0.15) is 0 Å². The second-order valence-corrected chi connectivity index (χ2v) is 2.70. The molecule has 0 saturated heterocycles. The summed E-state index contributed by atoms with van der Waals surface area (Å²) in [6.45, 7) is 2.09. The predicted octanol–water partition coefficient (Wildman–Crippen LogP) is 2.12. The molecule has 0 fully saturated rings. The molecule has 0 atom stereocenters. The molecule has 2 heteroatoms. The van der Waals surface area contributed by atoms with E-state index in [0.717, 1.165) is 5.52 Å². The first kappa shape index (κ1) is 9.68. The maximum Gasteiger partial charge on any atom is 0.0702 e. The molecule has 2 nitrogen and oxygen atoms in total. The Kier molecular flexibility index (Phi) is 3.41. The standard InChI is InChI=1S/C10H9N.CH5N/c1-8-4-5-10-9(7-8)3-2-6-11-10;1-2/h2-7H,1H3;2H2,1H3. The van der Waals surface area contributed by atoms with Crippen LogP contribution in [-0.4, -0.2) is 12.0 Å². The number of hydrogen-bond donors (Lipinski definition) is 1. The van der Waals surface area contributed by atoms with Crippen LogP contribution in [0.1, 0.15) is 5.56 Å². The van der Waals surface area contributed by atoms with Gasteiger partial charge in [-0.25, -0.2) is 0 Å². The highest BCUT2D eigenvalue weighted by Crippen LogP contribution is 2.11. The monoisotopic (exact) mass is 174 g/mol. The maximum atomic E-state index is 4.50. The first-order chi connectivity index (χ1) is 6.36. The first-order valence-corrected chi connectivity index (χ1v) is 4.25. The average molecular weight is 174 g/mol. The van der Waals surface area contributed by atoms with Gasteiger partial charge in [0.15, 0.2) is 0 Å². The van der Waals surface area contributed by atoms with Crippen LogP contribution in [0.25, 0.3) is 10.9 Å². The fourth-order valence-corrected chi connectivity index (χ4v) is 1.20. The minimum atomic E-state index is 1.07. The number of pyridine rings is 1. The van der Waals surface area contributed by atoms with Crippen molar-refractivity contribution in [2.45, 2.75) is 6.92 Å². The third-order valence-corrected chi connectivity index (χ3v) is 1.76. The van der Waals surface area contributed by atoms with E-state index < -0.39 is 0 Å². The maximum absolute atomic E-state index is 4.50. The van der Waals surface area contributed by atoms with Crippen LogP contribution in [0.3, 0.4) is 0 Å². The van der Waals surface area contributed by atoms with Gasteiger partial charge in [-0.05, 0) is 32.2 Å². The van der Waals surface area contributed by atoms with E-state index in [9.17, 15) is 0 Å². The molecule has 0 spiro atoms. The molecule has 68 valence electrons. The van der Waals surface area contributed by atoms with E-state index in [1.807, 2.05) is 18.3 Å². The number of fused-ring (bicyclic) bond motifs is 1. The van der Waals surface area contributed by atoms with Crippen molar-refractivity contribution in [1.29, 1.82) is 0 Å². The molecule has 0 bridgehead atoms. The number of benzene rings is 1. The second kappa shape index (κ2) is 4.58. The zero-order valence-electron chi connectivity index (χ0n) is 7.99. The Morgan fingerprint density at radius 3 is 2.69 bits per heavy atom. The Balaban J connectivity index is 0.000000396. The molecule has 1 aromatic carbocycles.